The molecule has 2 aromatic rings. The van der Waals surface area contributed by atoms with Crippen LogP contribution in [0.1, 0.15) is 5.56 Å². The van der Waals surface area contributed by atoms with Gasteiger partial charge in [-0.25, -0.2) is 12.8 Å². The minimum absolute atomic E-state index is 0.0400. The molecule has 0 saturated heterocycles. The van der Waals surface area contributed by atoms with Gasteiger partial charge in [-0.15, -0.1) is 0 Å². The van der Waals surface area contributed by atoms with Gasteiger partial charge in [0, 0.05) is 17.1 Å². The Bertz CT molecular complexity index is 718. The third kappa shape index (κ3) is 3.09. The molecular weight excluding hydrogens is 303 g/mol. The highest BCUT2D eigenvalue weighted by Gasteiger charge is 2.16. The lowest BCUT2D eigenvalue weighted by atomic mass is 10.2. The van der Waals surface area contributed by atoms with E-state index in [1.807, 2.05) is 0 Å². The fourth-order valence-corrected chi connectivity index (χ4v) is 3.02. The van der Waals surface area contributed by atoms with Gasteiger partial charge in [0.15, 0.2) is 0 Å². The van der Waals surface area contributed by atoms with Gasteiger partial charge in [-0.05, 0) is 36.4 Å². The van der Waals surface area contributed by atoms with E-state index in [0.29, 0.717) is 16.3 Å². The van der Waals surface area contributed by atoms with Crippen LogP contribution in [0.4, 0.5) is 10.1 Å². The monoisotopic (exact) mass is 314 g/mol. The quantitative estimate of drug-likeness (QED) is 0.911. The SMILES string of the molecule is NCc1c(Cl)cccc1NS(=O)(=O)c1ccc(F)cc1. The molecule has 20 heavy (non-hydrogen) atoms. The second-order valence-corrected chi connectivity index (χ2v) is 6.12. The van der Waals surface area contributed by atoms with E-state index in [1.54, 1.807) is 18.2 Å². The standard InChI is InChI=1S/C13H12ClFN2O2S/c14-12-2-1-3-13(11(12)8-16)17-20(18,19)10-6-4-9(15)5-7-10/h1-7,17H,8,16H2. The summed E-state index contributed by atoms with van der Waals surface area (Å²) >= 11 is 5.96. The summed E-state index contributed by atoms with van der Waals surface area (Å²) in [6, 6.07) is 9.33. The number of anilines is 1. The van der Waals surface area contributed by atoms with E-state index in [-0.39, 0.29) is 11.4 Å². The molecule has 0 amide bonds. The van der Waals surface area contributed by atoms with Crippen molar-refractivity contribution in [3.63, 3.8) is 0 Å². The summed E-state index contributed by atoms with van der Waals surface area (Å²) in [5, 5.41) is 0.381. The molecular formula is C13H12ClFN2O2S. The Morgan fingerprint density at radius 1 is 1.15 bits per heavy atom. The Labute approximate surface area is 121 Å². The van der Waals surface area contributed by atoms with Crippen LogP contribution in [0.15, 0.2) is 47.4 Å². The van der Waals surface area contributed by atoms with E-state index < -0.39 is 15.8 Å². The molecule has 0 spiro atoms. The van der Waals surface area contributed by atoms with Gasteiger partial charge in [-0.2, -0.15) is 0 Å². The summed E-state index contributed by atoms with van der Waals surface area (Å²) in [7, 11) is -3.81. The van der Waals surface area contributed by atoms with Crippen LogP contribution in [0.3, 0.4) is 0 Å². The highest BCUT2D eigenvalue weighted by Crippen LogP contribution is 2.26. The number of hydrogen-bond acceptors (Lipinski definition) is 3. The molecule has 7 heteroatoms. The van der Waals surface area contributed by atoms with Gasteiger partial charge < -0.3 is 5.73 Å². The zero-order valence-electron chi connectivity index (χ0n) is 10.3. The average Bonchev–Trinajstić information content (AvgIpc) is 2.39. The molecule has 0 aliphatic carbocycles. The average molecular weight is 315 g/mol. The van der Waals surface area contributed by atoms with Crippen molar-refractivity contribution < 1.29 is 12.8 Å². The van der Waals surface area contributed by atoms with Crippen molar-refractivity contribution in [3.05, 3.63) is 58.9 Å². The summed E-state index contributed by atoms with van der Waals surface area (Å²) < 4.78 is 39.6. The van der Waals surface area contributed by atoms with E-state index in [4.69, 9.17) is 17.3 Å². The minimum Gasteiger partial charge on any atom is -0.326 e. The lowest BCUT2D eigenvalue weighted by Crippen LogP contribution is -2.15. The number of nitrogens with one attached hydrogen (secondary N) is 1. The molecule has 0 aromatic heterocycles. The first-order chi connectivity index (χ1) is 9.44. The van der Waals surface area contributed by atoms with Crippen LogP contribution in [0.5, 0.6) is 0 Å². The Kier molecular flexibility index (Phi) is 4.27. The zero-order chi connectivity index (χ0) is 14.8. The third-order valence-electron chi connectivity index (χ3n) is 2.69. The summed E-state index contributed by atoms with van der Waals surface area (Å²) in [6.07, 6.45) is 0. The molecule has 4 nitrogen and oxygen atoms in total. The third-order valence-corrected chi connectivity index (χ3v) is 4.43. The highest BCUT2D eigenvalue weighted by molar-refractivity contribution is 7.92. The first-order valence-electron chi connectivity index (χ1n) is 5.70. The molecule has 0 aliphatic rings. The fraction of sp³-hybridized carbons (Fsp3) is 0.0769. The van der Waals surface area contributed by atoms with Gasteiger partial charge in [0.05, 0.1) is 10.6 Å². The van der Waals surface area contributed by atoms with Gasteiger partial charge in [0.2, 0.25) is 0 Å². The lowest BCUT2D eigenvalue weighted by Gasteiger charge is -2.12. The molecule has 0 saturated carbocycles. The summed E-state index contributed by atoms with van der Waals surface area (Å²) in [4.78, 5) is -0.0400. The van der Waals surface area contributed by atoms with E-state index in [0.717, 1.165) is 12.1 Å². The van der Waals surface area contributed by atoms with Crippen molar-refractivity contribution in [2.45, 2.75) is 11.4 Å². The number of benzene rings is 2. The molecule has 106 valence electrons. The Morgan fingerprint density at radius 2 is 1.80 bits per heavy atom. The minimum atomic E-state index is -3.81. The molecule has 0 radical (unpaired) electrons. The smallest absolute Gasteiger partial charge is 0.261 e. The van der Waals surface area contributed by atoms with Crippen LogP contribution in [-0.2, 0) is 16.6 Å². The Hall–Kier alpha value is -1.63. The second kappa shape index (κ2) is 5.78. The lowest BCUT2D eigenvalue weighted by molar-refractivity contribution is 0.599. The largest absolute Gasteiger partial charge is 0.326 e. The predicted molar refractivity (Wildman–Crippen MR) is 76.6 cm³/mol. The van der Waals surface area contributed by atoms with Crippen molar-refractivity contribution in [2.75, 3.05) is 4.72 Å². The molecule has 0 bridgehead atoms. The van der Waals surface area contributed by atoms with Crippen LogP contribution < -0.4 is 10.5 Å². The van der Waals surface area contributed by atoms with E-state index >= 15 is 0 Å². The van der Waals surface area contributed by atoms with Gasteiger partial charge in [0.25, 0.3) is 10.0 Å². The normalized spacial score (nSPS) is 11.3. The molecule has 0 unspecified atom stereocenters. The molecule has 0 fully saturated rings. The maximum atomic E-state index is 12.8. The van der Waals surface area contributed by atoms with Crippen LogP contribution in [0.25, 0.3) is 0 Å². The predicted octanol–water partition coefficient (Wildman–Crippen LogP) is 2.74. The summed E-state index contributed by atoms with van der Waals surface area (Å²) in [6.45, 7) is 0.0982. The summed E-state index contributed by atoms with van der Waals surface area (Å²) in [5.41, 5.74) is 6.37. The van der Waals surface area contributed by atoms with Crippen LogP contribution in [0.2, 0.25) is 5.02 Å². The zero-order valence-corrected chi connectivity index (χ0v) is 11.9. The van der Waals surface area contributed by atoms with Crippen molar-refractivity contribution in [2.24, 2.45) is 5.73 Å². The molecule has 3 N–H and O–H groups in total. The fourth-order valence-electron chi connectivity index (χ4n) is 1.68. The van der Waals surface area contributed by atoms with E-state index in [2.05, 4.69) is 4.72 Å². The topological polar surface area (TPSA) is 72.2 Å². The van der Waals surface area contributed by atoms with E-state index in [1.165, 1.54) is 12.1 Å². The van der Waals surface area contributed by atoms with Crippen molar-refractivity contribution in [1.82, 2.24) is 0 Å². The molecule has 0 aliphatic heterocycles. The van der Waals surface area contributed by atoms with Gasteiger partial charge >= 0.3 is 0 Å². The molecule has 2 rings (SSSR count). The second-order valence-electron chi connectivity index (χ2n) is 4.03. The number of nitrogens with two attached hydrogens (primary N) is 1. The van der Waals surface area contributed by atoms with Crippen molar-refractivity contribution in [3.8, 4) is 0 Å². The molecule has 0 atom stereocenters. The first kappa shape index (κ1) is 14.8. The highest BCUT2D eigenvalue weighted by atomic mass is 35.5. The van der Waals surface area contributed by atoms with Gasteiger partial charge in [-0.1, -0.05) is 17.7 Å². The summed E-state index contributed by atoms with van der Waals surface area (Å²) in [5.74, 6) is -0.505. The van der Waals surface area contributed by atoms with Crippen LogP contribution in [-0.4, -0.2) is 8.42 Å². The van der Waals surface area contributed by atoms with E-state index in [9.17, 15) is 12.8 Å². The Balaban J connectivity index is 2.38. The van der Waals surface area contributed by atoms with Crippen molar-refractivity contribution >= 4 is 27.3 Å². The van der Waals surface area contributed by atoms with Crippen LogP contribution >= 0.6 is 11.6 Å². The number of sulfonamides is 1. The number of hydrogen-bond donors (Lipinski definition) is 2. The molecule has 0 heterocycles. The first-order valence-corrected chi connectivity index (χ1v) is 7.56. The maximum absolute atomic E-state index is 12.8. The van der Waals surface area contributed by atoms with Crippen molar-refractivity contribution in [1.29, 1.82) is 0 Å². The number of halogens is 2. The molecule has 2 aromatic carbocycles. The Morgan fingerprint density at radius 3 is 2.40 bits per heavy atom. The van der Waals surface area contributed by atoms with Gasteiger partial charge in [0.1, 0.15) is 5.82 Å². The number of rotatable bonds is 4. The van der Waals surface area contributed by atoms with Gasteiger partial charge in [-0.3, -0.25) is 4.72 Å². The van der Waals surface area contributed by atoms with Crippen LogP contribution in [0, 0.1) is 5.82 Å². The maximum Gasteiger partial charge on any atom is 0.261 e.